The third-order valence-corrected chi connectivity index (χ3v) is 6.35. The predicted octanol–water partition coefficient (Wildman–Crippen LogP) is 7.84. The van der Waals surface area contributed by atoms with Gasteiger partial charge < -0.3 is 9.67 Å². The normalized spacial score (nSPS) is 11.8. The van der Waals surface area contributed by atoms with Crippen LogP contribution in [0.15, 0.2) is 89.1 Å². The SMILES string of the molecule is Cc1ccc2nc(-c3ccccc3)cc(C(=O)N=Nc3c(O)n(CCC(C)C)c4ccccc34)c2c1. The molecule has 36 heavy (non-hydrogen) atoms. The summed E-state index contributed by atoms with van der Waals surface area (Å²) < 4.78 is 1.84. The molecule has 0 atom stereocenters. The molecule has 1 amide bonds. The largest absolute Gasteiger partial charge is 0.493 e. The van der Waals surface area contributed by atoms with Crippen molar-refractivity contribution in [3.8, 4) is 17.1 Å². The molecule has 1 N–H and O–H groups in total. The minimum absolute atomic E-state index is 0.0220. The van der Waals surface area contributed by atoms with Gasteiger partial charge in [-0.1, -0.05) is 74.0 Å². The van der Waals surface area contributed by atoms with Gasteiger partial charge in [-0.15, -0.1) is 10.2 Å². The van der Waals surface area contributed by atoms with Crippen LogP contribution in [0.4, 0.5) is 5.69 Å². The van der Waals surface area contributed by atoms with Gasteiger partial charge in [0, 0.05) is 22.9 Å². The Hall–Kier alpha value is -4.32. The zero-order chi connectivity index (χ0) is 25.2. The molecule has 0 fully saturated rings. The molecule has 0 aliphatic rings. The molecular formula is C30H28N4O2. The zero-order valence-electron chi connectivity index (χ0n) is 20.6. The van der Waals surface area contributed by atoms with E-state index in [9.17, 15) is 9.90 Å². The number of aryl methyl sites for hydroxylation is 2. The van der Waals surface area contributed by atoms with Crippen LogP contribution in [-0.4, -0.2) is 20.6 Å². The van der Waals surface area contributed by atoms with Crippen LogP contribution in [0.1, 0.15) is 36.2 Å². The second-order valence-corrected chi connectivity index (χ2v) is 9.47. The van der Waals surface area contributed by atoms with E-state index in [0.717, 1.165) is 33.8 Å². The minimum Gasteiger partial charge on any atom is -0.493 e. The van der Waals surface area contributed by atoms with Crippen LogP contribution in [0.25, 0.3) is 33.1 Å². The third-order valence-electron chi connectivity index (χ3n) is 6.35. The average molecular weight is 477 g/mol. The molecule has 0 aliphatic carbocycles. The number of benzene rings is 3. The Morgan fingerprint density at radius 3 is 2.50 bits per heavy atom. The maximum absolute atomic E-state index is 13.4. The van der Waals surface area contributed by atoms with Gasteiger partial charge in [-0.05, 0) is 43.5 Å². The van der Waals surface area contributed by atoms with E-state index in [1.54, 1.807) is 6.07 Å². The Labute approximate surface area is 210 Å². The summed E-state index contributed by atoms with van der Waals surface area (Å²) >= 11 is 0. The van der Waals surface area contributed by atoms with Crippen LogP contribution in [0.5, 0.6) is 5.88 Å². The highest BCUT2D eigenvalue weighted by molar-refractivity contribution is 6.08. The first-order valence-corrected chi connectivity index (χ1v) is 12.2. The van der Waals surface area contributed by atoms with Crippen molar-refractivity contribution in [2.45, 2.75) is 33.7 Å². The number of para-hydroxylation sites is 1. The van der Waals surface area contributed by atoms with Crippen molar-refractivity contribution in [3.05, 3.63) is 90.0 Å². The molecule has 5 aromatic rings. The number of hydrogen-bond donors (Lipinski definition) is 1. The molecule has 0 spiro atoms. The highest BCUT2D eigenvalue weighted by Gasteiger charge is 2.18. The van der Waals surface area contributed by atoms with Crippen molar-refractivity contribution < 1.29 is 9.90 Å². The first-order valence-electron chi connectivity index (χ1n) is 12.2. The molecule has 180 valence electrons. The lowest BCUT2D eigenvalue weighted by Gasteiger charge is -2.09. The maximum Gasteiger partial charge on any atom is 0.296 e. The minimum atomic E-state index is -0.483. The molecular weight excluding hydrogens is 448 g/mol. The van der Waals surface area contributed by atoms with E-state index in [4.69, 9.17) is 4.98 Å². The van der Waals surface area contributed by atoms with Crippen molar-refractivity contribution in [1.29, 1.82) is 0 Å². The Kier molecular flexibility index (Phi) is 6.34. The van der Waals surface area contributed by atoms with Crippen LogP contribution in [-0.2, 0) is 6.54 Å². The van der Waals surface area contributed by atoms with E-state index in [1.165, 1.54) is 0 Å². The van der Waals surface area contributed by atoms with Crippen LogP contribution in [0.3, 0.4) is 0 Å². The highest BCUT2D eigenvalue weighted by atomic mass is 16.3. The van der Waals surface area contributed by atoms with Crippen molar-refractivity contribution in [2.75, 3.05) is 0 Å². The monoisotopic (exact) mass is 476 g/mol. The number of amides is 1. The van der Waals surface area contributed by atoms with Crippen molar-refractivity contribution in [1.82, 2.24) is 9.55 Å². The van der Waals surface area contributed by atoms with Gasteiger partial charge in [0.05, 0.1) is 22.3 Å². The fraction of sp³-hybridized carbons (Fsp3) is 0.200. The molecule has 6 nitrogen and oxygen atoms in total. The van der Waals surface area contributed by atoms with Crippen LogP contribution < -0.4 is 0 Å². The molecule has 2 aromatic heterocycles. The topological polar surface area (TPSA) is 79.8 Å². The van der Waals surface area contributed by atoms with Crippen molar-refractivity contribution >= 4 is 33.4 Å². The highest BCUT2D eigenvalue weighted by Crippen LogP contribution is 2.39. The predicted molar refractivity (Wildman–Crippen MR) is 144 cm³/mol. The number of nitrogens with zero attached hydrogens (tertiary/aromatic N) is 4. The second-order valence-electron chi connectivity index (χ2n) is 9.47. The molecule has 6 heteroatoms. The number of rotatable bonds is 6. The number of aromatic hydroxyl groups is 1. The number of carbonyl (C=O) groups is 1. The summed E-state index contributed by atoms with van der Waals surface area (Å²) in [5, 5.41) is 20.8. The number of aromatic nitrogens is 2. The molecule has 2 heterocycles. The Morgan fingerprint density at radius 2 is 1.72 bits per heavy atom. The van der Waals surface area contributed by atoms with Gasteiger partial charge in [0.25, 0.3) is 5.91 Å². The van der Waals surface area contributed by atoms with Crippen molar-refractivity contribution in [3.63, 3.8) is 0 Å². The van der Waals surface area contributed by atoms with E-state index >= 15 is 0 Å². The van der Waals surface area contributed by atoms with E-state index in [2.05, 4.69) is 24.1 Å². The van der Waals surface area contributed by atoms with Crippen LogP contribution in [0.2, 0.25) is 0 Å². The molecule has 3 aromatic carbocycles. The van der Waals surface area contributed by atoms with E-state index in [1.807, 2.05) is 84.3 Å². The number of pyridine rings is 1. The van der Waals surface area contributed by atoms with E-state index in [-0.39, 0.29) is 5.88 Å². The fourth-order valence-corrected chi connectivity index (χ4v) is 4.41. The van der Waals surface area contributed by atoms with Gasteiger partial charge in [-0.25, -0.2) is 4.98 Å². The second kappa shape index (κ2) is 9.74. The average Bonchev–Trinajstić information content (AvgIpc) is 3.16. The molecule has 0 aliphatic heterocycles. The number of carbonyl (C=O) groups excluding carboxylic acids is 1. The van der Waals surface area contributed by atoms with Gasteiger partial charge in [0.15, 0.2) is 5.69 Å². The third kappa shape index (κ3) is 4.50. The molecule has 5 rings (SSSR count). The summed E-state index contributed by atoms with van der Waals surface area (Å²) in [7, 11) is 0. The smallest absolute Gasteiger partial charge is 0.296 e. The standard InChI is InChI=1S/C30H28N4O2/c1-19(2)15-16-34-27-12-8-7-11-22(27)28(30(34)36)32-33-29(35)24-18-26(21-9-5-4-6-10-21)31-25-14-13-20(3)17-23(24)25/h4-14,17-19,36H,15-16H2,1-3H3. The fourth-order valence-electron chi connectivity index (χ4n) is 4.41. The number of azo groups is 1. The summed E-state index contributed by atoms with van der Waals surface area (Å²) in [5.74, 6) is 0.0249. The summed E-state index contributed by atoms with van der Waals surface area (Å²) in [4.78, 5) is 18.2. The maximum atomic E-state index is 13.4. The lowest BCUT2D eigenvalue weighted by molar-refractivity contribution is 0.0996. The van der Waals surface area contributed by atoms with E-state index in [0.29, 0.717) is 34.9 Å². The lowest BCUT2D eigenvalue weighted by atomic mass is 10.0. The molecule has 0 saturated carbocycles. The Morgan fingerprint density at radius 1 is 0.972 bits per heavy atom. The molecule has 0 bridgehead atoms. The van der Waals surface area contributed by atoms with Crippen LogP contribution >= 0.6 is 0 Å². The zero-order valence-corrected chi connectivity index (χ0v) is 20.6. The number of fused-ring (bicyclic) bond motifs is 2. The lowest BCUT2D eigenvalue weighted by Crippen LogP contribution is -2.00. The molecule has 0 radical (unpaired) electrons. The molecule has 0 unspecified atom stereocenters. The quantitative estimate of drug-likeness (QED) is 0.253. The van der Waals surface area contributed by atoms with Gasteiger partial charge in [0.1, 0.15) is 0 Å². The first-order chi connectivity index (χ1) is 17.4. The summed E-state index contributed by atoms with van der Waals surface area (Å²) in [6.07, 6.45) is 0.909. The Balaban J connectivity index is 1.59. The molecule has 0 saturated heterocycles. The summed E-state index contributed by atoms with van der Waals surface area (Å²) in [6, 6.07) is 25.0. The van der Waals surface area contributed by atoms with Gasteiger partial charge in [-0.2, -0.15) is 0 Å². The summed E-state index contributed by atoms with van der Waals surface area (Å²) in [5.41, 5.74) is 4.95. The first kappa shape index (κ1) is 23.4. The van der Waals surface area contributed by atoms with Crippen molar-refractivity contribution in [2.24, 2.45) is 16.1 Å². The Bertz CT molecular complexity index is 1600. The van der Waals surface area contributed by atoms with Gasteiger partial charge >= 0.3 is 0 Å². The van der Waals surface area contributed by atoms with E-state index < -0.39 is 5.91 Å². The van der Waals surface area contributed by atoms with Crippen LogP contribution in [0, 0.1) is 12.8 Å². The number of hydrogen-bond acceptors (Lipinski definition) is 4. The summed E-state index contributed by atoms with van der Waals surface area (Å²) in [6.45, 7) is 6.92. The van der Waals surface area contributed by atoms with Gasteiger partial charge in [-0.3, -0.25) is 4.79 Å². The van der Waals surface area contributed by atoms with Gasteiger partial charge in [0.2, 0.25) is 5.88 Å².